The number of carbonyl (C=O) groups is 2. The third-order valence-electron chi connectivity index (χ3n) is 4.81. The Morgan fingerprint density at radius 2 is 1.97 bits per heavy atom. The molecule has 1 saturated heterocycles. The molecule has 0 aliphatic carbocycles. The molecule has 2 heterocycles. The van der Waals surface area contributed by atoms with Gasteiger partial charge in [0.15, 0.2) is 6.61 Å². The van der Waals surface area contributed by atoms with E-state index in [9.17, 15) is 18.0 Å². The Bertz CT molecular complexity index is 938. The number of benzene rings is 1. The highest BCUT2D eigenvalue weighted by molar-refractivity contribution is 7.89. The second-order valence-corrected chi connectivity index (χ2v) is 8.81. The van der Waals surface area contributed by atoms with Gasteiger partial charge in [0.1, 0.15) is 5.76 Å². The zero-order valence-corrected chi connectivity index (χ0v) is 17.0. The highest BCUT2D eigenvalue weighted by atomic mass is 32.2. The molecule has 1 aromatic heterocycles. The largest absolute Gasteiger partial charge is 0.467 e. The van der Waals surface area contributed by atoms with Crippen LogP contribution in [0.25, 0.3) is 0 Å². The van der Waals surface area contributed by atoms with E-state index >= 15 is 0 Å². The van der Waals surface area contributed by atoms with Crippen molar-refractivity contribution < 1.29 is 27.2 Å². The van der Waals surface area contributed by atoms with Crippen molar-refractivity contribution in [2.24, 2.45) is 0 Å². The van der Waals surface area contributed by atoms with Gasteiger partial charge < -0.3 is 14.5 Å². The summed E-state index contributed by atoms with van der Waals surface area (Å²) in [5.74, 6) is -0.578. The number of piperidine rings is 1. The molecule has 0 bridgehead atoms. The molecule has 0 spiro atoms. The lowest BCUT2D eigenvalue weighted by Gasteiger charge is -2.32. The molecule has 156 valence electrons. The van der Waals surface area contributed by atoms with Gasteiger partial charge in [-0.1, -0.05) is 6.42 Å². The third kappa shape index (κ3) is 5.24. The van der Waals surface area contributed by atoms with Crippen molar-refractivity contribution in [2.75, 3.05) is 13.2 Å². The molecule has 1 aliphatic rings. The predicted molar refractivity (Wildman–Crippen MR) is 104 cm³/mol. The molecule has 0 unspecified atom stereocenters. The molecule has 8 nitrogen and oxygen atoms in total. The van der Waals surface area contributed by atoms with Gasteiger partial charge in [0.2, 0.25) is 10.0 Å². The standard InChI is InChI=1S/C20H24N2O6S/c1-15-5-2-3-11-22(15)29(25,26)18-9-7-16(8-10-18)20(24)28-14-19(23)21-13-17-6-4-12-27-17/h4,6-10,12,15H,2-3,5,11,13-14H2,1H3,(H,21,23)/t15-/m0/s1. The fourth-order valence-corrected chi connectivity index (χ4v) is 4.89. The Kier molecular flexibility index (Phi) is 6.71. The van der Waals surface area contributed by atoms with E-state index in [1.54, 1.807) is 12.1 Å². The first-order valence-electron chi connectivity index (χ1n) is 9.46. The lowest BCUT2D eigenvalue weighted by atomic mass is 10.1. The fourth-order valence-electron chi connectivity index (χ4n) is 3.19. The van der Waals surface area contributed by atoms with Crippen LogP contribution in [0, 0.1) is 0 Å². The SMILES string of the molecule is C[C@H]1CCCCN1S(=O)(=O)c1ccc(C(=O)OCC(=O)NCc2ccco2)cc1. The maximum absolute atomic E-state index is 12.8. The maximum Gasteiger partial charge on any atom is 0.338 e. The number of esters is 1. The van der Waals surface area contributed by atoms with Gasteiger partial charge in [-0.3, -0.25) is 4.79 Å². The molecule has 1 amide bonds. The van der Waals surface area contributed by atoms with Crippen LogP contribution in [-0.2, 0) is 26.1 Å². The summed E-state index contributed by atoms with van der Waals surface area (Å²) >= 11 is 0. The average molecular weight is 420 g/mol. The van der Waals surface area contributed by atoms with Crippen molar-refractivity contribution in [3.8, 4) is 0 Å². The number of hydrogen-bond donors (Lipinski definition) is 1. The minimum Gasteiger partial charge on any atom is -0.467 e. The van der Waals surface area contributed by atoms with E-state index in [1.807, 2.05) is 6.92 Å². The molecule has 1 N–H and O–H groups in total. The van der Waals surface area contributed by atoms with Gasteiger partial charge in [-0.25, -0.2) is 13.2 Å². The van der Waals surface area contributed by atoms with Gasteiger partial charge in [0.25, 0.3) is 5.91 Å². The van der Waals surface area contributed by atoms with E-state index in [4.69, 9.17) is 9.15 Å². The van der Waals surface area contributed by atoms with Gasteiger partial charge >= 0.3 is 5.97 Å². The summed E-state index contributed by atoms with van der Waals surface area (Å²) in [6, 6.07) is 8.95. The van der Waals surface area contributed by atoms with Crippen molar-refractivity contribution in [1.29, 1.82) is 0 Å². The Balaban J connectivity index is 1.55. The third-order valence-corrected chi connectivity index (χ3v) is 6.84. The van der Waals surface area contributed by atoms with E-state index in [0.717, 1.165) is 19.3 Å². The predicted octanol–water partition coefficient (Wildman–Crippen LogP) is 2.32. The highest BCUT2D eigenvalue weighted by Crippen LogP contribution is 2.25. The quantitative estimate of drug-likeness (QED) is 0.689. The Morgan fingerprint density at radius 3 is 2.62 bits per heavy atom. The van der Waals surface area contributed by atoms with Crippen molar-refractivity contribution >= 4 is 21.9 Å². The smallest absolute Gasteiger partial charge is 0.338 e. The molecular formula is C20H24N2O6S. The maximum atomic E-state index is 12.8. The van der Waals surface area contributed by atoms with Crippen LogP contribution in [0.3, 0.4) is 0 Å². The summed E-state index contributed by atoms with van der Waals surface area (Å²) in [7, 11) is -3.60. The number of nitrogens with one attached hydrogen (secondary N) is 1. The lowest BCUT2D eigenvalue weighted by Crippen LogP contribution is -2.41. The molecule has 0 saturated carbocycles. The average Bonchev–Trinajstić information content (AvgIpc) is 3.24. The summed E-state index contributed by atoms with van der Waals surface area (Å²) in [5.41, 5.74) is 0.175. The molecule has 1 aliphatic heterocycles. The molecule has 1 atom stereocenters. The number of amides is 1. The number of nitrogens with zero attached hydrogens (tertiary/aromatic N) is 1. The second kappa shape index (κ2) is 9.23. The van der Waals surface area contributed by atoms with Crippen molar-refractivity contribution in [3.05, 3.63) is 54.0 Å². The van der Waals surface area contributed by atoms with Gasteiger partial charge in [0.05, 0.1) is 23.3 Å². The first-order valence-corrected chi connectivity index (χ1v) is 10.9. The molecule has 9 heteroatoms. The molecule has 3 rings (SSSR count). The zero-order chi connectivity index (χ0) is 20.9. The van der Waals surface area contributed by atoms with E-state index in [-0.39, 0.29) is 23.0 Å². The van der Waals surface area contributed by atoms with Crippen LogP contribution in [-0.4, -0.2) is 43.8 Å². The lowest BCUT2D eigenvalue weighted by molar-refractivity contribution is -0.124. The van der Waals surface area contributed by atoms with Crippen LogP contribution >= 0.6 is 0 Å². The Hall–Kier alpha value is -2.65. The number of hydrogen-bond acceptors (Lipinski definition) is 6. The number of sulfonamides is 1. The minimum absolute atomic E-state index is 0.0434. The van der Waals surface area contributed by atoms with Gasteiger partial charge in [0, 0.05) is 12.6 Å². The summed E-state index contributed by atoms with van der Waals surface area (Å²) in [6.45, 7) is 2.16. The van der Waals surface area contributed by atoms with Crippen LogP contribution < -0.4 is 5.32 Å². The van der Waals surface area contributed by atoms with Gasteiger partial charge in [-0.15, -0.1) is 0 Å². The molecule has 2 aromatic rings. The zero-order valence-electron chi connectivity index (χ0n) is 16.2. The fraction of sp³-hybridized carbons (Fsp3) is 0.400. The Labute approximate surface area is 169 Å². The first kappa shape index (κ1) is 21.1. The molecule has 1 fully saturated rings. The van der Waals surface area contributed by atoms with Crippen LogP contribution in [0.1, 0.15) is 42.3 Å². The minimum atomic E-state index is -3.60. The highest BCUT2D eigenvalue weighted by Gasteiger charge is 2.31. The second-order valence-electron chi connectivity index (χ2n) is 6.92. The van der Waals surface area contributed by atoms with Crippen molar-refractivity contribution in [1.82, 2.24) is 9.62 Å². The molecular weight excluding hydrogens is 396 g/mol. The number of furan rings is 1. The van der Waals surface area contributed by atoms with Gasteiger partial charge in [-0.2, -0.15) is 4.31 Å². The number of rotatable bonds is 7. The van der Waals surface area contributed by atoms with Crippen LogP contribution in [0.2, 0.25) is 0 Å². The first-order chi connectivity index (χ1) is 13.9. The van der Waals surface area contributed by atoms with E-state index in [1.165, 1.54) is 34.8 Å². The van der Waals surface area contributed by atoms with Gasteiger partial charge in [-0.05, 0) is 56.2 Å². The number of ether oxygens (including phenoxy) is 1. The van der Waals surface area contributed by atoms with Crippen LogP contribution in [0.5, 0.6) is 0 Å². The molecule has 1 aromatic carbocycles. The van der Waals surface area contributed by atoms with Crippen LogP contribution in [0.4, 0.5) is 0 Å². The topological polar surface area (TPSA) is 106 Å². The summed E-state index contributed by atoms with van der Waals surface area (Å²) in [4.78, 5) is 24.0. The molecule has 29 heavy (non-hydrogen) atoms. The monoisotopic (exact) mass is 420 g/mol. The molecule has 0 radical (unpaired) electrons. The summed E-state index contributed by atoms with van der Waals surface area (Å²) < 4.78 is 37.2. The van der Waals surface area contributed by atoms with Crippen molar-refractivity contribution in [2.45, 2.75) is 43.7 Å². The normalized spacial score (nSPS) is 17.6. The van der Waals surface area contributed by atoms with Crippen molar-refractivity contribution in [3.63, 3.8) is 0 Å². The van der Waals surface area contributed by atoms with E-state index in [2.05, 4.69) is 5.32 Å². The van der Waals surface area contributed by atoms with Crippen LogP contribution in [0.15, 0.2) is 52.0 Å². The number of carbonyl (C=O) groups excluding carboxylic acids is 2. The summed E-state index contributed by atoms with van der Waals surface area (Å²) in [5, 5.41) is 2.57. The van der Waals surface area contributed by atoms with E-state index < -0.39 is 28.5 Å². The Morgan fingerprint density at radius 1 is 1.21 bits per heavy atom. The van der Waals surface area contributed by atoms with E-state index in [0.29, 0.717) is 12.3 Å². The summed E-state index contributed by atoms with van der Waals surface area (Å²) in [6.07, 6.45) is 4.20.